The van der Waals surface area contributed by atoms with Gasteiger partial charge in [-0.15, -0.1) is 11.3 Å². The van der Waals surface area contributed by atoms with Crippen molar-refractivity contribution in [1.29, 1.82) is 0 Å². The van der Waals surface area contributed by atoms with Crippen LogP contribution < -0.4 is 5.73 Å². The molecular formula is C8H13N3O2S. The molecule has 5 nitrogen and oxygen atoms in total. The highest BCUT2D eigenvalue weighted by Gasteiger charge is 2.15. The van der Waals surface area contributed by atoms with Crippen LogP contribution in [0.3, 0.4) is 0 Å². The van der Waals surface area contributed by atoms with Gasteiger partial charge in [-0.2, -0.15) is 0 Å². The van der Waals surface area contributed by atoms with Gasteiger partial charge in [0, 0.05) is 18.5 Å². The molecule has 1 heterocycles. The number of nitrogens with two attached hydrogens (primary N) is 1. The molecule has 0 aliphatic carbocycles. The average molecular weight is 215 g/mol. The molecule has 1 aromatic rings. The van der Waals surface area contributed by atoms with Crippen LogP contribution in [0.25, 0.3) is 0 Å². The number of aliphatic hydroxyl groups is 1. The Morgan fingerprint density at radius 2 is 2.50 bits per heavy atom. The maximum Gasteiger partial charge on any atom is 0.273 e. The Kier molecular flexibility index (Phi) is 3.84. The Bertz CT molecular complexity index is 313. The molecule has 78 valence electrons. The maximum absolute atomic E-state index is 11.7. The molecule has 0 spiro atoms. The van der Waals surface area contributed by atoms with Gasteiger partial charge in [0.1, 0.15) is 5.69 Å². The van der Waals surface area contributed by atoms with Gasteiger partial charge in [-0.25, -0.2) is 4.98 Å². The highest BCUT2D eigenvalue weighted by Crippen LogP contribution is 2.12. The third-order valence-corrected chi connectivity index (χ3v) is 2.45. The minimum absolute atomic E-state index is 0.0425. The lowest BCUT2D eigenvalue weighted by atomic mass is 10.4. The van der Waals surface area contributed by atoms with Crippen LogP contribution in [-0.4, -0.2) is 40.6 Å². The summed E-state index contributed by atoms with van der Waals surface area (Å²) in [6.45, 7) is 2.69. The summed E-state index contributed by atoms with van der Waals surface area (Å²) >= 11 is 1.24. The normalized spacial score (nSPS) is 10.1. The Morgan fingerprint density at radius 1 is 1.79 bits per heavy atom. The number of carbonyl (C=O) groups is 1. The number of anilines is 1. The van der Waals surface area contributed by atoms with E-state index in [9.17, 15) is 4.79 Å². The van der Waals surface area contributed by atoms with Gasteiger partial charge in [0.15, 0.2) is 5.13 Å². The van der Waals surface area contributed by atoms with Crippen molar-refractivity contribution in [3.8, 4) is 0 Å². The first-order chi connectivity index (χ1) is 6.69. The van der Waals surface area contributed by atoms with Crippen LogP contribution in [0.15, 0.2) is 5.38 Å². The van der Waals surface area contributed by atoms with Crippen LogP contribution in [0.1, 0.15) is 17.4 Å². The van der Waals surface area contributed by atoms with Crippen LogP contribution in [-0.2, 0) is 0 Å². The molecule has 0 unspecified atom stereocenters. The van der Waals surface area contributed by atoms with Gasteiger partial charge >= 0.3 is 0 Å². The van der Waals surface area contributed by atoms with Crippen molar-refractivity contribution in [2.75, 3.05) is 25.4 Å². The number of nitrogen functional groups attached to an aromatic ring is 1. The first kappa shape index (κ1) is 10.9. The van der Waals surface area contributed by atoms with E-state index >= 15 is 0 Å². The highest BCUT2D eigenvalue weighted by molar-refractivity contribution is 7.13. The fraction of sp³-hybridized carbons (Fsp3) is 0.500. The summed E-state index contributed by atoms with van der Waals surface area (Å²) in [5.74, 6) is -0.186. The van der Waals surface area contributed by atoms with E-state index in [1.54, 1.807) is 5.38 Å². The second-order valence-electron chi connectivity index (χ2n) is 2.68. The average Bonchev–Trinajstić information content (AvgIpc) is 2.60. The van der Waals surface area contributed by atoms with Gasteiger partial charge < -0.3 is 15.7 Å². The minimum Gasteiger partial charge on any atom is -0.395 e. The molecule has 0 saturated carbocycles. The predicted octanol–water partition coefficient (Wildman–Crippen LogP) is 0.180. The van der Waals surface area contributed by atoms with E-state index in [2.05, 4.69) is 4.98 Å². The van der Waals surface area contributed by atoms with Crippen molar-refractivity contribution >= 4 is 22.4 Å². The number of amides is 1. The third kappa shape index (κ3) is 2.43. The van der Waals surface area contributed by atoms with Crippen molar-refractivity contribution in [2.24, 2.45) is 0 Å². The van der Waals surface area contributed by atoms with Crippen LogP contribution >= 0.6 is 11.3 Å². The van der Waals surface area contributed by atoms with E-state index in [-0.39, 0.29) is 12.5 Å². The zero-order chi connectivity index (χ0) is 10.6. The van der Waals surface area contributed by atoms with Crippen LogP contribution in [0.2, 0.25) is 0 Å². The second-order valence-corrected chi connectivity index (χ2v) is 3.57. The van der Waals surface area contributed by atoms with E-state index in [1.807, 2.05) is 6.92 Å². The smallest absolute Gasteiger partial charge is 0.273 e. The number of carbonyl (C=O) groups excluding carboxylic acids is 1. The van der Waals surface area contributed by atoms with Gasteiger partial charge in [-0.1, -0.05) is 0 Å². The fourth-order valence-corrected chi connectivity index (χ4v) is 1.61. The summed E-state index contributed by atoms with van der Waals surface area (Å²) in [5, 5.41) is 10.7. The molecule has 0 saturated heterocycles. The summed E-state index contributed by atoms with van der Waals surface area (Å²) < 4.78 is 0. The Labute approximate surface area is 86.2 Å². The first-order valence-electron chi connectivity index (χ1n) is 4.30. The summed E-state index contributed by atoms with van der Waals surface area (Å²) in [7, 11) is 0. The van der Waals surface area contributed by atoms with Crippen LogP contribution in [0.4, 0.5) is 5.13 Å². The number of likely N-dealkylation sites (N-methyl/N-ethyl adjacent to an activating group) is 1. The van der Waals surface area contributed by atoms with Crippen molar-refractivity contribution in [3.05, 3.63) is 11.1 Å². The lowest BCUT2D eigenvalue weighted by Crippen LogP contribution is -2.33. The largest absolute Gasteiger partial charge is 0.395 e. The van der Waals surface area contributed by atoms with Gasteiger partial charge in [0.25, 0.3) is 5.91 Å². The number of aromatic nitrogens is 1. The number of hydrogen-bond acceptors (Lipinski definition) is 5. The van der Waals surface area contributed by atoms with Gasteiger partial charge in [-0.05, 0) is 6.92 Å². The van der Waals surface area contributed by atoms with E-state index in [4.69, 9.17) is 10.8 Å². The number of rotatable bonds is 4. The standard InChI is InChI=1S/C8H13N3O2S/c1-2-11(3-4-12)7(13)6-5-14-8(9)10-6/h5,12H,2-4H2,1H3,(H2,9,10). The molecule has 14 heavy (non-hydrogen) atoms. The summed E-state index contributed by atoms with van der Waals surface area (Å²) in [6, 6.07) is 0. The second kappa shape index (κ2) is 4.92. The minimum atomic E-state index is -0.186. The monoisotopic (exact) mass is 215 g/mol. The Hall–Kier alpha value is -1.14. The molecule has 0 aliphatic rings. The van der Waals surface area contributed by atoms with Gasteiger partial charge in [0.05, 0.1) is 6.61 Å². The predicted molar refractivity (Wildman–Crippen MR) is 55.2 cm³/mol. The molecule has 1 rings (SSSR count). The molecule has 6 heteroatoms. The molecule has 0 fully saturated rings. The zero-order valence-corrected chi connectivity index (χ0v) is 8.75. The molecule has 0 atom stereocenters. The summed E-state index contributed by atoms with van der Waals surface area (Å²) in [4.78, 5) is 17.1. The quantitative estimate of drug-likeness (QED) is 0.751. The molecule has 3 N–H and O–H groups in total. The van der Waals surface area contributed by atoms with Crippen molar-refractivity contribution in [3.63, 3.8) is 0 Å². The lowest BCUT2D eigenvalue weighted by molar-refractivity contribution is 0.0727. The van der Waals surface area contributed by atoms with Gasteiger partial charge in [0.2, 0.25) is 0 Å². The van der Waals surface area contributed by atoms with E-state index in [0.717, 1.165) is 0 Å². The molecule has 0 radical (unpaired) electrons. The molecule has 0 bridgehead atoms. The SMILES string of the molecule is CCN(CCO)C(=O)c1csc(N)n1. The van der Waals surface area contributed by atoms with Crippen molar-refractivity contribution in [2.45, 2.75) is 6.92 Å². The lowest BCUT2D eigenvalue weighted by Gasteiger charge is -2.17. The molecule has 1 amide bonds. The van der Waals surface area contributed by atoms with Crippen LogP contribution in [0.5, 0.6) is 0 Å². The van der Waals surface area contributed by atoms with Crippen LogP contribution in [0, 0.1) is 0 Å². The van der Waals surface area contributed by atoms with E-state index in [1.165, 1.54) is 16.2 Å². The van der Waals surface area contributed by atoms with Gasteiger partial charge in [-0.3, -0.25) is 4.79 Å². The zero-order valence-electron chi connectivity index (χ0n) is 7.93. The summed E-state index contributed by atoms with van der Waals surface area (Å²) in [6.07, 6.45) is 0. The fourth-order valence-electron chi connectivity index (χ4n) is 1.07. The van der Waals surface area contributed by atoms with Crippen molar-refractivity contribution < 1.29 is 9.90 Å². The molecule has 0 aliphatic heterocycles. The number of nitrogens with zero attached hydrogens (tertiary/aromatic N) is 2. The third-order valence-electron chi connectivity index (χ3n) is 1.78. The Balaban J connectivity index is 2.72. The number of aliphatic hydroxyl groups excluding tert-OH is 1. The Morgan fingerprint density at radius 3 is 2.93 bits per heavy atom. The van der Waals surface area contributed by atoms with E-state index < -0.39 is 0 Å². The van der Waals surface area contributed by atoms with E-state index in [0.29, 0.717) is 23.9 Å². The molecule has 0 aromatic carbocycles. The van der Waals surface area contributed by atoms with Crippen molar-refractivity contribution in [1.82, 2.24) is 9.88 Å². The highest BCUT2D eigenvalue weighted by atomic mass is 32.1. The summed E-state index contributed by atoms with van der Waals surface area (Å²) in [5.41, 5.74) is 5.77. The maximum atomic E-state index is 11.7. The molecular weight excluding hydrogens is 202 g/mol. The topological polar surface area (TPSA) is 79.5 Å². The first-order valence-corrected chi connectivity index (χ1v) is 5.18. The molecule has 1 aromatic heterocycles. The number of hydrogen-bond donors (Lipinski definition) is 2. The number of thiazole rings is 1.